The van der Waals surface area contributed by atoms with Crippen molar-refractivity contribution >= 4 is 37.5 Å². The van der Waals surface area contributed by atoms with Gasteiger partial charge in [-0.25, -0.2) is 0 Å². The summed E-state index contributed by atoms with van der Waals surface area (Å²) in [5.41, 5.74) is 0.0187. The van der Waals surface area contributed by atoms with Crippen molar-refractivity contribution in [3.63, 3.8) is 0 Å². The predicted molar refractivity (Wildman–Crippen MR) is 77.2 cm³/mol. The molecule has 0 aromatic heterocycles. The summed E-state index contributed by atoms with van der Waals surface area (Å²) in [6, 6.07) is 2.86. The molecule has 0 aliphatic heterocycles. The molecular weight excluding hydrogens is 368 g/mol. The highest BCUT2D eigenvalue weighted by molar-refractivity contribution is 9.11. The van der Waals surface area contributed by atoms with E-state index in [-0.39, 0.29) is 5.69 Å². The second-order valence-corrected chi connectivity index (χ2v) is 5.30. The van der Waals surface area contributed by atoms with E-state index in [0.29, 0.717) is 21.3 Å². The van der Waals surface area contributed by atoms with Crippen LogP contribution in [-0.4, -0.2) is 24.6 Å². The Morgan fingerprint density at radius 1 is 1.33 bits per heavy atom. The molecule has 0 bridgehead atoms. The van der Waals surface area contributed by atoms with E-state index in [2.05, 4.69) is 44.1 Å². The van der Waals surface area contributed by atoms with Crippen LogP contribution in [0.4, 0.5) is 5.69 Å². The summed E-state index contributed by atoms with van der Waals surface area (Å²) in [6.07, 6.45) is 1.07. The van der Waals surface area contributed by atoms with E-state index in [1.54, 1.807) is 0 Å². The molecule has 1 N–H and O–H groups in total. The topological polar surface area (TPSA) is 64.4 Å². The molecule has 1 aromatic carbocycles. The molecule has 100 valence electrons. The minimum Gasteiger partial charge on any atom is -0.490 e. The second-order valence-electron chi connectivity index (χ2n) is 3.59. The van der Waals surface area contributed by atoms with E-state index < -0.39 is 4.92 Å². The molecule has 18 heavy (non-hydrogen) atoms. The Labute approximate surface area is 122 Å². The number of nitro benzene ring substituents is 1. The summed E-state index contributed by atoms with van der Waals surface area (Å²) < 4.78 is 6.71. The van der Waals surface area contributed by atoms with E-state index in [9.17, 15) is 10.1 Å². The average Bonchev–Trinajstić information content (AvgIpc) is 2.31. The van der Waals surface area contributed by atoms with Crippen LogP contribution in [0.3, 0.4) is 0 Å². The molecule has 1 rings (SSSR count). The van der Waals surface area contributed by atoms with Crippen LogP contribution < -0.4 is 10.1 Å². The van der Waals surface area contributed by atoms with Crippen molar-refractivity contribution in [1.82, 2.24) is 5.32 Å². The molecule has 0 saturated heterocycles. The number of hydrogen-bond donors (Lipinski definition) is 1. The predicted octanol–water partition coefficient (Wildman–Crippen LogP) is 3.50. The number of hydrogen-bond acceptors (Lipinski definition) is 4. The van der Waals surface area contributed by atoms with E-state index in [1.165, 1.54) is 12.1 Å². The first-order valence-corrected chi connectivity index (χ1v) is 7.11. The number of benzene rings is 1. The molecule has 7 heteroatoms. The van der Waals surface area contributed by atoms with Crippen molar-refractivity contribution in [2.75, 3.05) is 19.7 Å². The SMILES string of the molecule is CCCNCCOc1c(Br)cc([N+](=O)[O-])cc1Br. The molecule has 0 spiro atoms. The van der Waals surface area contributed by atoms with Crippen molar-refractivity contribution in [2.24, 2.45) is 0 Å². The number of nitrogens with zero attached hydrogens (tertiary/aromatic N) is 1. The third-order valence-corrected chi connectivity index (χ3v) is 3.32. The van der Waals surface area contributed by atoms with Gasteiger partial charge in [0, 0.05) is 18.7 Å². The van der Waals surface area contributed by atoms with E-state index in [4.69, 9.17) is 4.74 Å². The summed E-state index contributed by atoms with van der Waals surface area (Å²) in [5.74, 6) is 0.582. The molecule has 0 fully saturated rings. The van der Waals surface area contributed by atoms with E-state index >= 15 is 0 Å². The van der Waals surface area contributed by atoms with Crippen molar-refractivity contribution in [3.05, 3.63) is 31.2 Å². The van der Waals surface area contributed by atoms with Gasteiger partial charge in [0.05, 0.1) is 13.9 Å². The summed E-state index contributed by atoms with van der Waals surface area (Å²) in [7, 11) is 0. The third-order valence-electron chi connectivity index (χ3n) is 2.15. The van der Waals surface area contributed by atoms with Crippen LogP contribution in [-0.2, 0) is 0 Å². The minimum atomic E-state index is -0.442. The molecule has 0 amide bonds. The van der Waals surface area contributed by atoms with Crippen LogP contribution in [0, 0.1) is 10.1 Å². The lowest BCUT2D eigenvalue weighted by Crippen LogP contribution is -2.21. The van der Waals surface area contributed by atoms with Gasteiger partial charge in [0.2, 0.25) is 0 Å². The fraction of sp³-hybridized carbons (Fsp3) is 0.455. The number of nitrogens with one attached hydrogen (secondary N) is 1. The zero-order valence-corrected chi connectivity index (χ0v) is 13.1. The van der Waals surface area contributed by atoms with Gasteiger partial charge in [-0.2, -0.15) is 0 Å². The molecular formula is C11H14Br2N2O3. The fourth-order valence-electron chi connectivity index (χ4n) is 1.32. The lowest BCUT2D eigenvalue weighted by molar-refractivity contribution is -0.385. The Morgan fingerprint density at radius 2 is 1.94 bits per heavy atom. The van der Waals surface area contributed by atoms with Crippen LogP contribution in [0.2, 0.25) is 0 Å². The molecule has 1 aromatic rings. The molecule has 0 aliphatic rings. The Hall–Kier alpha value is -0.660. The maximum Gasteiger partial charge on any atom is 0.271 e. The highest BCUT2D eigenvalue weighted by atomic mass is 79.9. The third kappa shape index (κ3) is 4.55. The normalized spacial score (nSPS) is 10.4. The van der Waals surface area contributed by atoms with Crippen molar-refractivity contribution in [2.45, 2.75) is 13.3 Å². The molecule has 0 radical (unpaired) electrons. The highest BCUT2D eigenvalue weighted by Crippen LogP contribution is 2.37. The zero-order valence-electron chi connectivity index (χ0n) is 9.91. The molecule has 0 unspecified atom stereocenters. The second kappa shape index (κ2) is 7.70. The Kier molecular flexibility index (Phi) is 6.59. The smallest absolute Gasteiger partial charge is 0.271 e. The fourth-order valence-corrected chi connectivity index (χ4v) is 2.71. The first-order valence-electron chi connectivity index (χ1n) is 5.53. The minimum absolute atomic E-state index is 0.0187. The molecule has 5 nitrogen and oxygen atoms in total. The molecule has 0 atom stereocenters. The van der Waals surface area contributed by atoms with Gasteiger partial charge < -0.3 is 10.1 Å². The van der Waals surface area contributed by atoms with Crippen molar-refractivity contribution in [3.8, 4) is 5.75 Å². The standard InChI is InChI=1S/C11H14Br2N2O3/c1-2-3-14-4-5-18-11-9(12)6-8(15(16)17)7-10(11)13/h6-7,14H,2-5H2,1H3. The van der Waals surface area contributed by atoms with Gasteiger partial charge in [-0.05, 0) is 44.8 Å². The number of rotatable bonds is 7. The molecule has 0 saturated carbocycles. The van der Waals surface area contributed by atoms with Crippen molar-refractivity contribution < 1.29 is 9.66 Å². The van der Waals surface area contributed by atoms with Gasteiger partial charge >= 0.3 is 0 Å². The average molecular weight is 382 g/mol. The monoisotopic (exact) mass is 380 g/mol. The summed E-state index contributed by atoms with van der Waals surface area (Å²) >= 11 is 6.54. The summed E-state index contributed by atoms with van der Waals surface area (Å²) in [6.45, 7) is 4.29. The van der Waals surface area contributed by atoms with Crippen LogP contribution in [0.1, 0.15) is 13.3 Å². The van der Waals surface area contributed by atoms with Gasteiger partial charge in [0.25, 0.3) is 5.69 Å². The summed E-state index contributed by atoms with van der Waals surface area (Å²) in [5, 5.41) is 13.9. The lowest BCUT2D eigenvalue weighted by atomic mass is 10.3. The Bertz CT molecular complexity index is 404. The van der Waals surface area contributed by atoms with Crippen LogP contribution in [0.5, 0.6) is 5.75 Å². The zero-order chi connectivity index (χ0) is 13.5. The maximum atomic E-state index is 10.7. The van der Waals surface area contributed by atoms with Gasteiger partial charge in [0.1, 0.15) is 12.4 Å². The van der Waals surface area contributed by atoms with Gasteiger partial charge in [-0.1, -0.05) is 6.92 Å². The number of non-ortho nitro benzene ring substituents is 1. The number of nitro groups is 1. The Morgan fingerprint density at radius 3 is 2.44 bits per heavy atom. The quantitative estimate of drug-likeness (QED) is 0.446. The summed E-state index contributed by atoms with van der Waals surface area (Å²) in [4.78, 5) is 10.2. The molecule has 0 heterocycles. The largest absolute Gasteiger partial charge is 0.490 e. The van der Waals surface area contributed by atoms with Gasteiger partial charge in [-0.15, -0.1) is 0 Å². The lowest BCUT2D eigenvalue weighted by Gasteiger charge is -2.10. The first kappa shape index (κ1) is 15.4. The van der Waals surface area contributed by atoms with Crippen LogP contribution in [0.15, 0.2) is 21.1 Å². The van der Waals surface area contributed by atoms with Crippen LogP contribution >= 0.6 is 31.9 Å². The van der Waals surface area contributed by atoms with Crippen LogP contribution in [0.25, 0.3) is 0 Å². The maximum absolute atomic E-state index is 10.7. The highest BCUT2D eigenvalue weighted by Gasteiger charge is 2.14. The van der Waals surface area contributed by atoms with E-state index in [0.717, 1.165) is 19.5 Å². The van der Waals surface area contributed by atoms with Gasteiger partial charge in [-0.3, -0.25) is 10.1 Å². The first-order chi connectivity index (χ1) is 8.56. The van der Waals surface area contributed by atoms with Gasteiger partial charge in [0.15, 0.2) is 0 Å². The van der Waals surface area contributed by atoms with Crippen molar-refractivity contribution in [1.29, 1.82) is 0 Å². The Balaban J connectivity index is 2.63. The number of halogens is 2. The van der Waals surface area contributed by atoms with E-state index in [1.807, 2.05) is 0 Å². The number of ether oxygens (including phenoxy) is 1. The molecule has 0 aliphatic carbocycles.